The van der Waals surface area contributed by atoms with Crippen molar-refractivity contribution in [1.29, 1.82) is 0 Å². The molecule has 18 heavy (non-hydrogen) atoms. The molecule has 2 aromatic rings. The Morgan fingerprint density at radius 1 is 1.22 bits per heavy atom. The summed E-state index contributed by atoms with van der Waals surface area (Å²) < 4.78 is 5.70. The number of aromatic hydroxyl groups is 1. The van der Waals surface area contributed by atoms with Gasteiger partial charge in [0.15, 0.2) is 0 Å². The number of methoxy groups -OCH3 is 1. The number of halogens is 1. The molecule has 0 atom stereocenters. The van der Waals surface area contributed by atoms with Gasteiger partial charge in [-0.1, -0.05) is 12.1 Å². The number of rotatable bonds is 2. The van der Waals surface area contributed by atoms with E-state index in [1.807, 2.05) is 18.2 Å². The molecule has 1 N–H and O–H groups in total. The van der Waals surface area contributed by atoms with Crippen molar-refractivity contribution in [2.45, 2.75) is 0 Å². The van der Waals surface area contributed by atoms with Gasteiger partial charge < -0.3 is 9.84 Å². The molecule has 0 heterocycles. The quantitative estimate of drug-likeness (QED) is 0.664. The number of carbonyl (C=O) groups is 1. The Labute approximate surface area is 119 Å². The van der Waals surface area contributed by atoms with Crippen LogP contribution in [-0.4, -0.2) is 18.2 Å². The summed E-state index contributed by atoms with van der Waals surface area (Å²) in [7, 11) is 1.35. The first-order valence-electron chi connectivity index (χ1n) is 5.29. The van der Waals surface area contributed by atoms with E-state index in [0.717, 1.165) is 9.13 Å². The van der Waals surface area contributed by atoms with E-state index >= 15 is 0 Å². The van der Waals surface area contributed by atoms with Gasteiger partial charge in [0.2, 0.25) is 0 Å². The van der Waals surface area contributed by atoms with E-state index in [2.05, 4.69) is 27.3 Å². The molecule has 0 bridgehead atoms. The Morgan fingerprint density at radius 2 is 2.00 bits per heavy atom. The summed E-state index contributed by atoms with van der Waals surface area (Å²) in [6.45, 7) is 0. The molecule has 0 spiro atoms. The van der Waals surface area contributed by atoms with Crippen molar-refractivity contribution >= 4 is 28.6 Å². The monoisotopic (exact) mass is 354 g/mol. The van der Waals surface area contributed by atoms with Gasteiger partial charge in [0, 0.05) is 9.13 Å². The normalized spacial score (nSPS) is 10.1. The average molecular weight is 354 g/mol. The van der Waals surface area contributed by atoms with Gasteiger partial charge in [0.05, 0.1) is 12.7 Å². The number of phenolic OH excluding ortho intramolecular Hbond substituents is 1. The van der Waals surface area contributed by atoms with Crippen LogP contribution in [0.15, 0.2) is 42.5 Å². The van der Waals surface area contributed by atoms with Crippen LogP contribution in [0.3, 0.4) is 0 Å². The molecule has 4 heteroatoms. The number of hydrogen-bond acceptors (Lipinski definition) is 3. The molecule has 0 unspecified atom stereocenters. The zero-order valence-electron chi connectivity index (χ0n) is 9.68. The number of esters is 1. The summed E-state index contributed by atoms with van der Waals surface area (Å²) in [5, 5.41) is 9.86. The van der Waals surface area contributed by atoms with E-state index in [1.165, 1.54) is 7.11 Å². The Balaban J connectivity index is 2.51. The molecule has 0 radical (unpaired) electrons. The van der Waals surface area contributed by atoms with Crippen LogP contribution in [0, 0.1) is 3.57 Å². The van der Waals surface area contributed by atoms with E-state index in [-0.39, 0.29) is 11.7 Å². The van der Waals surface area contributed by atoms with Crippen LogP contribution in [0.1, 0.15) is 10.4 Å². The Kier molecular flexibility index (Phi) is 3.86. The van der Waals surface area contributed by atoms with Crippen molar-refractivity contribution in [2.24, 2.45) is 0 Å². The molecule has 0 aliphatic rings. The highest BCUT2D eigenvalue weighted by Crippen LogP contribution is 2.31. The topological polar surface area (TPSA) is 46.5 Å². The summed E-state index contributed by atoms with van der Waals surface area (Å²) in [5.41, 5.74) is 1.95. The Morgan fingerprint density at radius 3 is 2.72 bits per heavy atom. The average Bonchev–Trinajstić information content (AvgIpc) is 2.40. The summed E-state index contributed by atoms with van der Waals surface area (Å²) in [6.07, 6.45) is 0. The highest BCUT2D eigenvalue weighted by Gasteiger charge is 2.09. The van der Waals surface area contributed by atoms with Crippen molar-refractivity contribution in [1.82, 2.24) is 0 Å². The fourth-order valence-corrected chi connectivity index (χ4v) is 2.16. The minimum atomic E-state index is -0.387. The minimum absolute atomic E-state index is 0.192. The van der Waals surface area contributed by atoms with Crippen molar-refractivity contribution in [3.63, 3.8) is 0 Å². The predicted molar refractivity (Wildman–Crippen MR) is 77.6 cm³/mol. The molecule has 0 saturated heterocycles. The maximum atomic E-state index is 11.5. The third kappa shape index (κ3) is 2.64. The zero-order chi connectivity index (χ0) is 13.1. The van der Waals surface area contributed by atoms with E-state index in [4.69, 9.17) is 0 Å². The fourth-order valence-electron chi connectivity index (χ4n) is 1.67. The van der Waals surface area contributed by atoms with E-state index in [0.29, 0.717) is 11.1 Å². The smallest absolute Gasteiger partial charge is 0.337 e. The van der Waals surface area contributed by atoms with E-state index in [1.54, 1.807) is 24.3 Å². The largest absolute Gasteiger partial charge is 0.507 e. The van der Waals surface area contributed by atoms with Gasteiger partial charge in [-0.2, -0.15) is 0 Å². The molecule has 3 nitrogen and oxygen atoms in total. The van der Waals surface area contributed by atoms with Gasteiger partial charge in [-0.15, -0.1) is 0 Å². The SMILES string of the molecule is COC(=O)c1cccc(-c2cc(I)ccc2O)c1. The van der Waals surface area contributed by atoms with Crippen LogP contribution in [0.5, 0.6) is 5.75 Å². The second-order valence-electron chi connectivity index (χ2n) is 3.73. The van der Waals surface area contributed by atoms with Gasteiger partial charge in [-0.25, -0.2) is 4.79 Å². The molecule has 0 aromatic heterocycles. The van der Waals surface area contributed by atoms with E-state index in [9.17, 15) is 9.90 Å². The lowest BCUT2D eigenvalue weighted by Gasteiger charge is -2.07. The molecule has 2 aromatic carbocycles. The van der Waals surface area contributed by atoms with Crippen LogP contribution >= 0.6 is 22.6 Å². The fraction of sp³-hybridized carbons (Fsp3) is 0.0714. The van der Waals surface area contributed by atoms with Gasteiger partial charge in [-0.3, -0.25) is 0 Å². The number of hydrogen-bond donors (Lipinski definition) is 1. The third-order valence-electron chi connectivity index (χ3n) is 2.55. The van der Waals surface area contributed by atoms with E-state index < -0.39 is 0 Å². The second kappa shape index (κ2) is 5.39. The van der Waals surface area contributed by atoms with Crippen LogP contribution in [-0.2, 0) is 4.74 Å². The highest BCUT2D eigenvalue weighted by molar-refractivity contribution is 14.1. The van der Waals surface area contributed by atoms with Crippen molar-refractivity contribution in [3.8, 4) is 16.9 Å². The maximum Gasteiger partial charge on any atom is 0.337 e. The number of benzene rings is 2. The summed E-state index contributed by atoms with van der Waals surface area (Å²) in [4.78, 5) is 11.5. The minimum Gasteiger partial charge on any atom is -0.507 e. The van der Waals surface area contributed by atoms with Crippen molar-refractivity contribution in [2.75, 3.05) is 7.11 Å². The summed E-state index contributed by atoms with van der Waals surface area (Å²) >= 11 is 2.18. The maximum absolute atomic E-state index is 11.5. The predicted octanol–water partition coefficient (Wildman–Crippen LogP) is 3.45. The second-order valence-corrected chi connectivity index (χ2v) is 4.98. The van der Waals surface area contributed by atoms with Gasteiger partial charge in [0.25, 0.3) is 0 Å². The Bertz CT molecular complexity index is 593. The first kappa shape index (κ1) is 12.9. The molecule has 0 saturated carbocycles. The first-order chi connectivity index (χ1) is 8.61. The lowest BCUT2D eigenvalue weighted by Crippen LogP contribution is -2.00. The molecule has 0 fully saturated rings. The molecule has 2 rings (SSSR count). The van der Waals surface area contributed by atoms with Gasteiger partial charge >= 0.3 is 5.97 Å². The number of phenols is 1. The summed E-state index contributed by atoms with van der Waals surface area (Å²) in [6, 6.07) is 12.3. The van der Waals surface area contributed by atoms with Gasteiger partial charge in [-0.05, 0) is 58.5 Å². The highest BCUT2D eigenvalue weighted by atomic mass is 127. The summed E-state index contributed by atoms with van der Waals surface area (Å²) in [5.74, 6) is -0.195. The molecule has 0 aliphatic carbocycles. The van der Waals surface area contributed by atoms with Crippen LogP contribution < -0.4 is 0 Å². The molecular weight excluding hydrogens is 343 g/mol. The van der Waals surface area contributed by atoms with Crippen LogP contribution in [0.2, 0.25) is 0 Å². The van der Waals surface area contributed by atoms with Crippen LogP contribution in [0.25, 0.3) is 11.1 Å². The number of ether oxygens (including phenoxy) is 1. The lowest BCUT2D eigenvalue weighted by molar-refractivity contribution is 0.0601. The van der Waals surface area contributed by atoms with Gasteiger partial charge in [0.1, 0.15) is 5.75 Å². The van der Waals surface area contributed by atoms with Crippen molar-refractivity contribution in [3.05, 3.63) is 51.6 Å². The standard InChI is InChI=1S/C14H11IO3/c1-18-14(17)10-4-2-3-9(7-10)12-8-11(15)5-6-13(12)16/h2-8,16H,1H3. The Hall–Kier alpha value is -1.56. The first-order valence-corrected chi connectivity index (χ1v) is 6.37. The van der Waals surface area contributed by atoms with Crippen molar-refractivity contribution < 1.29 is 14.6 Å². The molecule has 92 valence electrons. The molecule has 0 amide bonds. The van der Waals surface area contributed by atoms with Crippen LogP contribution in [0.4, 0.5) is 0 Å². The molecule has 0 aliphatic heterocycles. The third-order valence-corrected chi connectivity index (χ3v) is 3.22. The number of carbonyl (C=O) groups excluding carboxylic acids is 1. The lowest BCUT2D eigenvalue weighted by atomic mass is 10.0. The molecular formula is C14H11IO3. The zero-order valence-corrected chi connectivity index (χ0v) is 11.8.